The minimum atomic E-state index is -1.36. The van der Waals surface area contributed by atoms with E-state index in [1.807, 2.05) is 0 Å². The van der Waals surface area contributed by atoms with Crippen LogP contribution in [0, 0.1) is 5.41 Å². The number of hydrogen-bond donors (Lipinski definition) is 0. The van der Waals surface area contributed by atoms with Crippen LogP contribution in [0.1, 0.15) is 34.1 Å². The van der Waals surface area contributed by atoms with E-state index in [4.69, 9.17) is 4.74 Å². The molecular formula is C13H26OSi. The zero-order valence-electron chi connectivity index (χ0n) is 11.3. The van der Waals surface area contributed by atoms with Crippen LogP contribution in [0.5, 0.6) is 0 Å². The van der Waals surface area contributed by atoms with Crippen LogP contribution < -0.4 is 0 Å². The highest BCUT2D eigenvalue weighted by Gasteiger charge is 2.53. The molecule has 0 spiro atoms. The van der Waals surface area contributed by atoms with Crippen LogP contribution in [0.15, 0.2) is 12.2 Å². The Morgan fingerprint density at radius 3 is 2.07 bits per heavy atom. The van der Waals surface area contributed by atoms with Gasteiger partial charge in [-0.05, 0) is 18.8 Å². The normalized spacial score (nSPS) is 33.1. The van der Waals surface area contributed by atoms with Crippen LogP contribution in [0.4, 0.5) is 0 Å². The van der Waals surface area contributed by atoms with Crippen molar-refractivity contribution in [2.24, 2.45) is 5.41 Å². The molecule has 1 heterocycles. The van der Waals surface area contributed by atoms with Gasteiger partial charge in [-0.3, -0.25) is 0 Å². The van der Waals surface area contributed by atoms with Crippen LogP contribution in [0.2, 0.25) is 19.6 Å². The van der Waals surface area contributed by atoms with Crippen LogP contribution in [-0.4, -0.2) is 19.4 Å². The Bertz CT molecular complexity index is 241. The van der Waals surface area contributed by atoms with Crippen LogP contribution in [0.3, 0.4) is 0 Å². The molecule has 1 rings (SSSR count). The average Bonchev–Trinajstić information content (AvgIpc) is 1.99. The molecule has 0 saturated carbocycles. The molecule has 0 amide bonds. The van der Waals surface area contributed by atoms with Gasteiger partial charge < -0.3 is 4.74 Å². The average molecular weight is 226 g/mol. The molecule has 0 aromatic heterocycles. The van der Waals surface area contributed by atoms with E-state index in [1.165, 1.54) is 0 Å². The highest BCUT2D eigenvalue weighted by Crippen LogP contribution is 2.46. The minimum Gasteiger partial charge on any atom is -0.371 e. The SMILES string of the molecule is C[C@@H]1C=CC[C@](C(C)(C)C)([Si](C)(C)C)O1. The number of hydrogen-bond acceptors (Lipinski definition) is 1. The van der Waals surface area contributed by atoms with E-state index >= 15 is 0 Å². The molecule has 0 bridgehead atoms. The Morgan fingerprint density at radius 1 is 1.27 bits per heavy atom. The van der Waals surface area contributed by atoms with Crippen molar-refractivity contribution in [1.82, 2.24) is 0 Å². The second-order valence-corrected chi connectivity index (χ2v) is 12.1. The van der Waals surface area contributed by atoms with E-state index in [2.05, 4.69) is 59.5 Å². The smallest absolute Gasteiger partial charge is 0.0835 e. The first kappa shape index (κ1) is 13.0. The van der Waals surface area contributed by atoms with Gasteiger partial charge in [-0.25, -0.2) is 0 Å². The molecule has 88 valence electrons. The predicted octanol–water partition coefficient (Wildman–Crippen LogP) is 4.01. The van der Waals surface area contributed by atoms with Gasteiger partial charge in [0.05, 0.1) is 19.4 Å². The maximum Gasteiger partial charge on any atom is 0.0835 e. The fourth-order valence-corrected chi connectivity index (χ4v) is 6.44. The van der Waals surface area contributed by atoms with Crippen molar-refractivity contribution >= 4 is 8.07 Å². The molecule has 0 aromatic rings. The third kappa shape index (κ3) is 2.21. The summed E-state index contributed by atoms with van der Waals surface area (Å²) in [5.74, 6) is 0. The Labute approximate surface area is 95.9 Å². The molecule has 15 heavy (non-hydrogen) atoms. The van der Waals surface area contributed by atoms with E-state index < -0.39 is 8.07 Å². The molecule has 0 unspecified atom stereocenters. The van der Waals surface area contributed by atoms with Crippen molar-refractivity contribution in [2.45, 2.75) is 65.1 Å². The minimum absolute atomic E-state index is 0.0775. The highest BCUT2D eigenvalue weighted by atomic mass is 28.3. The summed E-state index contributed by atoms with van der Waals surface area (Å²) in [6.45, 7) is 16.4. The van der Waals surface area contributed by atoms with Gasteiger partial charge in [-0.1, -0.05) is 52.6 Å². The molecule has 0 radical (unpaired) electrons. The Balaban J connectivity index is 3.15. The van der Waals surface area contributed by atoms with Crippen molar-refractivity contribution in [3.8, 4) is 0 Å². The lowest BCUT2D eigenvalue weighted by Gasteiger charge is -2.54. The van der Waals surface area contributed by atoms with Crippen LogP contribution in [-0.2, 0) is 4.74 Å². The van der Waals surface area contributed by atoms with E-state index in [-0.39, 0.29) is 16.7 Å². The maximum absolute atomic E-state index is 6.38. The molecule has 0 aromatic carbocycles. The largest absolute Gasteiger partial charge is 0.371 e. The lowest BCUT2D eigenvalue weighted by atomic mass is 9.84. The quantitative estimate of drug-likeness (QED) is 0.485. The third-order valence-corrected chi connectivity index (χ3v) is 7.12. The molecule has 1 aliphatic rings. The lowest BCUT2D eigenvalue weighted by molar-refractivity contribution is -0.0885. The molecule has 0 fully saturated rings. The summed E-state index contributed by atoms with van der Waals surface area (Å²) in [7, 11) is -1.36. The van der Waals surface area contributed by atoms with E-state index in [0.717, 1.165) is 6.42 Å². The zero-order valence-corrected chi connectivity index (χ0v) is 12.3. The van der Waals surface area contributed by atoms with Gasteiger partial charge in [0.25, 0.3) is 0 Å². The van der Waals surface area contributed by atoms with Gasteiger partial charge in [0.1, 0.15) is 0 Å². The first-order valence-electron chi connectivity index (χ1n) is 5.95. The molecule has 0 aliphatic carbocycles. The first-order valence-corrected chi connectivity index (χ1v) is 9.45. The van der Waals surface area contributed by atoms with Gasteiger partial charge in [-0.2, -0.15) is 0 Å². The molecular weight excluding hydrogens is 200 g/mol. The summed E-state index contributed by atoms with van der Waals surface area (Å²) < 4.78 is 6.38. The maximum atomic E-state index is 6.38. The predicted molar refractivity (Wildman–Crippen MR) is 69.8 cm³/mol. The summed E-state index contributed by atoms with van der Waals surface area (Å²) in [4.78, 5) is 0. The first-order chi connectivity index (χ1) is 6.60. The zero-order chi connectivity index (χ0) is 11.9. The third-order valence-electron chi connectivity index (χ3n) is 3.62. The van der Waals surface area contributed by atoms with Crippen molar-refractivity contribution in [3.05, 3.63) is 12.2 Å². The van der Waals surface area contributed by atoms with Gasteiger partial charge in [-0.15, -0.1) is 0 Å². The Kier molecular flexibility index (Phi) is 3.24. The van der Waals surface area contributed by atoms with Gasteiger partial charge in [0, 0.05) is 0 Å². The summed E-state index contributed by atoms with van der Waals surface area (Å²) in [6.07, 6.45) is 5.85. The summed E-state index contributed by atoms with van der Waals surface area (Å²) in [5, 5.41) is 0.0775. The van der Waals surface area contributed by atoms with Crippen molar-refractivity contribution in [3.63, 3.8) is 0 Å². The topological polar surface area (TPSA) is 9.23 Å². The summed E-state index contributed by atoms with van der Waals surface area (Å²) in [5.41, 5.74) is 0.219. The van der Waals surface area contributed by atoms with Crippen molar-refractivity contribution in [1.29, 1.82) is 0 Å². The number of ether oxygens (including phenoxy) is 1. The Hall–Kier alpha value is -0.0831. The van der Waals surface area contributed by atoms with Crippen molar-refractivity contribution in [2.75, 3.05) is 0 Å². The standard InChI is InChI=1S/C13H26OSi/c1-11-9-8-10-13(14-11,12(2,3)4)15(5,6)7/h8-9,11H,10H2,1-7H3/t11-,13-/m1/s1. The fourth-order valence-electron chi connectivity index (χ4n) is 2.92. The van der Waals surface area contributed by atoms with E-state index in [9.17, 15) is 0 Å². The number of rotatable bonds is 1. The molecule has 0 saturated heterocycles. The lowest BCUT2D eigenvalue weighted by Crippen LogP contribution is -2.63. The second-order valence-electron chi connectivity index (χ2n) is 6.78. The van der Waals surface area contributed by atoms with E-state index in [0.29, 0.717) is 0 Å². The van der Waals surface area contributed by atoms with Crippen LogP contribution >= 0.6 is 0 Å². The van der Waals surface area contributed by atoms with E-state index in [1.54, 1.807) is 0 Å². The van der Waals surface area contributed by atoms with Gasteiger partial charge in [0.15, 0.2) is 0 Å². The van der Waals surface area contributed by atoms with Crippen molar-refractivity contribution < 1.29 is 4.74 Å². The Morgan fingerprint density at radius 2 is 1.80 bits per heavy atom. The van der Waals surface area contributed by atoms with Gasteiger partial charge in [0.2, 0.25) is 0 Å². The second kappa shape index (κ2) is 3.74. The monoisotopic (exact) mass is 226 g/mol. The van der Waals surface area contributed by atoms with Gasteiger partial charge >= 0.3 is 0 Å². The molecule has 0 N–H and O–H groups in total. The summed E-state index contributed by atoms with van der Waals surface area (Å²) in [6, 6.07) is 0. The molecule has 2 atom stereocenters. The highest BCUT2D eigenvalue weighted by molar-refractivity contribution is 6.79. The molecule has 2 heteroatoms. The summed E-state index contributed by atoms with van der Waals surface area (Å²) >= 11 is 0. The van der Waals surface area contributed by atoms with Crippen LogP contribution in [0.25, 0.3) is 0 Å². The molecule has 1 nitrogen and oxygen atoms in total. The fraction of sp³-hybridized carbons (Fsp3) is 0.846. The molecule has 1 aliphatic heterocycles.